The van der Waals surface area contributed by atoms with E-state index in [4.69, 9.17) is 0 Å². The molecule has 0 N–H and O–H groups in total. The van der Waals surface area contributed by atoms with Crippen molar-refractivity contribution in [1.29, 1.82) is 0 Å². The first-order chi connectivity index (χ1) is 20.7. The van der Waals surface area contributed by atoms with Crippen molar-refractivity contribution in [2.45, 2.75) is 85.5 Å². The lowest BCUT2D eigenvalue weighted by molar-refractivity contribution is 0.567. The van der Waals surface area contributed by atoms with E-state index in [1.54, 1.807) is 0 Å². The number of benzene rings is 5. The zero-order chi connectivity index (χ0) is 31.1. The lowest BCUT2D eigenvalue weighted by Crippen LogP contribution is -2.43. The van der Waals surface area contributed by atoms with Crippen molar-refractivity contribution in [2.75, 3.05) is 4.90 Å². The first kappa shape index (κ1) is 27.4. The van der Waals surface area contributed by atoms with Crippen molar-refractivity contribution in [3.63, 3.8) is 0 Å². The summed E-state index contributed by atoms with van der Waals surface area (Å²) in [7, 11) is 0. The molecular formula is C43H43N. The minimum absolute atomic E-state index is 0.138. The second-order valence-corrected chi connectivity index (χ2v) is 15.5. The quantitative estimate of drug-likeness (QED) is 0.203. The van der Waals surface area contributed by atoms with Gasteiger partial charge in [-0.1, -0.05) is 118 Å². The van der Waals surface area contributed by atoms with Crippen molar-refractivity contribution in [3.8, 4) is 22.3 Å². The van der Waals surface area contributed by atoms with Crippen LogP contribution in [-0.2, 0) is 16.2 Å². The molecule has 3 aliphatic heterocycles. The molecule has 0 amide bonds. The van der Waals surface area contributed by atoms with Crippen molar-refractivity contribution in [3.05, 3.63) is 134 Å². The van der Waals surface area contributed by atoms with Crippen molar-refractivity contribution in [1.82, 2.24) is 0 Å². The van der Waals surface area contributed by atoms with E-state index in [0.717, 1.165) is 0 Å². The topological polar surface area (TPSA) is 3.24 Å². The SMILES string of the molecule is Cc1cc(C)cc(-c2cc3c4c(c2)C(C)(C)c2cc(-c5cc(C)cc(C)c5)cc5c2N4c2c(cccc2C5(C)C)C3(C)C)c1. The van der Waals surface area contributed by atoms with Gasteiger partial charge in [0.15, 0.2) is 0 Å². The standard InChI is InChI=1S/C43H43N/c1-24-14-25(2)17-28(16-24)30-20-34-39-36(22-30)43(9,10)37-23-31(29-18-26(3)15-27(4)19-29)21-35-40(37)44(39)38-32(41(34,5)6)12-11-13-33(38)42(35,7)8/h11-23H,1-10H3. The molecule has 0 spiro atoms. The van der Waals surface area contributed by atoms with Crippen molar-refractivity contribution >= 4 is 17.1 Å². The zero-order valence-electron chi connectivity index (χ0n) is 28.0. The molecule has 0 bridgehead atoms. The number of anilines is 3. The van der Waals surface area contributed by atoms with E-state index in [1.807, 2.05) is 0 Å². The van der Waals surface area contributed by atoms with E-state index in [-0.39, 0.29) is 16.2 Å². The molecule has 0 saturated carbocycles. The third-order valence-corrected chi connectivity index (χ3v) is 11.1. The summed E-state index contributed by atoms with van der Waals surface area (Å²) in [4.78, 5) is 2.68. The van der Waals surface area contributed by atoms with Crippen LogP contribution in [0, 0.1) is 27.7 Å². The molecule has 1 heteroatoms. The fraction of sp³-hybridized carbons (Fsp3) is 0.302. The van der Waals surface area contributed by atoms with E-state index in [9.17, 15) is 0 Å². The average molecular weight is 574 g/mol. The summed E-state index contributed by atoms with van der Waals surface area (Å²) in [6.45, 7) is 23.5. The summed E-state index contributed by atoms with van der Waals surface area (Å²) in [5, 5.41) is 0. The molecule has 220 valence electrons. The third-order valence-electron chi connectivity index (χ3n) is 11.1. The Hall–Kier alpha value is -4.10. The Kier molecular flexibility index (Phi) is 5.33. The Morgan fingerprint density at radius 2 is 0.636 bits per heavy atom. The Morgan fingerprint density at radius 1 is 0.364 bits per heavy atom. The summed E-state index contributed by atoms with van der Waals surface area (Å²) < 4.78 is 0. The summed E-state index contributed by atoms with van der Waals surface area (Å²) in [6, 6.07) is 31.1. The lowest BCUT2D eigenvalue weighted by atomic mass is 9.60. The zero-order valence-corrected chi connectivity index (χ0v) is 28.0. The van der Waals surface area contributed by atoms with Gasteiger partial charge in [0.1, 0.15) is 0 Å². The van der Waals surface area contributed by atoms with Gasteiger partial charge in [0.25, 0.3) is 0 Å². The Morgan fingerprint density at radius 3 is 0.977 bits per heavy atom. The fourth-order valence-electron chi connectivity index (χ4n) is 8.84. The first-order valence-corrected chi connectivity index (χ1v) is 16.2. The van der Waals surface area contributed by atoms with Crippen LogP contribution in [0.4, 0.5) is 17.1 Å². The van der Waals surface area contributed by atoms with Gasteiger partial charge in [-0.3, -0.25) is 0 Å². The summed E-state index contributed by atoms with van der Waals surface area (Å²) in [6.07, 6.45) is 0. The van der Waals surface area contributed by atoms with Crippen LogP contribution in [0.1, 0.15) is 97.2 Å². The predicted octanol–water partition coefficient (Wildman–Crippen LogP) is 11.6. The first-order valence-electron chi connectivity index (χ1n) is 16.2. The van der Waals surface area contributed by atoms with Gasteiger partial charge in [-0.15, -0.1) is 0 Å². The molecule has 0 aliphatic carbocycles. The van der Waals surface area contributed by atoms with Gasteiger partial charge >= 0.3 is 0 Å². The third kappa shape index (κ3) is 3.47. The van der Waals surface area contributed by atoms with Gasteiger partial charge in [0.2, 0.25) is 0 Å². The molecule has 1 nitrogen and oxygen atoms in total. The molecule has 5 aromatic rings. The molecule has 0 saturated heterocycles. The molecule has 44 heavy (non-hydrogen) atoms. The summed E-state index contributed by atoms with van der Waals surface area (Å²) in [5.41, 5.74) is 22.8. The lowest BCUT2D eigenvalue weighted by Gasteiger charge is -2.55. The monoisotopic (exact) mass is 573 g/mol. The van der Waals surface area contributed by atoms with Gasteiger partial charge in [-0.2, -0.15) is 0 Å². The number of hydrogen-bond acceptors (Lipinski definition) is 1. The number of rotatable bonds is 2. The molecule has 0 aromatic heterocycles. The maximum atomic E-state index is 2.68. The maximum absolute atomic E-state index is 2.68. The fourth-order valence-corrected chi connectivity index (χ4v) is 8.84. The van der Waals surface area contributed by atoms with Crippen LogP contribution < -0.4 is 4.90 Å². The van der Waals surface area contributed by atoms with E-state index >= 15 is 0 Å². The van der Waals surface area contributed by atoms with Crippen LogP contribution in [0.25, 0.3) is 22.3 Å². The Labute approximate surface area is 263 Å². The van der Waals surface area contributed by atoms with Crippen LogP contribution in [0.15, 0.2) is 78.9 Å². The van der Waals surface area contributed by atoms with Gasteiger partial charge in [0, 0.05) is 16.2 Å². The molecule has 3 heterocycles. The van der Waals surface area contributed by atoms with Crippen LogP contribution in [0.3, 0.4) is 0 Å². The van der Waals surface area contributed by atoms with Crippen molar-refractivity contribution in [2.24, 2.45) is 0 Å². The second kappa shape index (κ2) is 8.54. The molecule has 5 aromatic carbocycles. The smallest absolute Gasteiger partial charge is 0.0544 e. The van der Waals surface area contributed by atoms with E-state index < -0.39 is 0 Å². The molecule has 0 radical (unpaired) electrons. The Bertz CT molecular complexity index is 1900. The number of nitrogens with zero attached hydrogens (tertiary/aromatic N) is 1. The average Bonchev–Trinajstić information content (AvgIpc) is 2.94. The molecule has 0 unspecified atom stereocenters. The normalized spacial score (nSPS) is 17.4. The van der Waals surface area contributed by atoms with E-state index in [1.165, 1.54) is 95.0 Å². The molecule has 8 rings (SSSR count). The second-order valence-electron chi connectivity index (χ2n) is 15.5. The number of hydrogen-bond donors (Lipinski definition) is 0. The molecule has 3 aliphatic rings. The maximum Gasteiger partial charge on any atom is 0.0544 e. The van der Waals surface area contributed by atoms with E-state index in [0.29, 0.717) is 0 Å². The molecule has 0 atom stereocenters. The van der Waals surface area contributed by atoms with Crippen LogP contribution >= 0.6 is 0 Å². The summed E-state index contributed by atoms with van der Waals surface area (Å²) in [5.74, 6) is 0. The number of para-hydroxylation sites is 1. The van der Waals surface area contributed by atoms with Crippen LogP contribution in [0.2, 0.25) is 0 Å². The largest absolute Gasteiger partial charge is 0.309 e. The van der Waals surface area contributed by atoms with Gasteiger partial charge in [0.05, 0.1) is 17.1 Å². The highest BCUT2D eigenvalue weighted by Gasteiger charge is 2.52. The van der Waals surface area contributed by atoms with Gasteiger partial charge in [-0.05, 0) is 108 Å². The number of aryl methyl sites for hydroxylation is 4. The summed E-state index contributed by atoms with van der Waals surface area (Å²) >= 11 is 0. The molecular weight excluding hydrogens is 530 g/mol. The predicted molar refractivity (Wildman–Crippen MR) is 187 cm³/mol. The van der Waals surface area contributed by atoms with Crippen molar-refractivity contribution < 1.29 is 0 Å². The van der Waals surface area contributed by atoms with Gasteiger partial charge in [-0.25, -0.2) is 0 Å². The minimum atomic E-state index is -0.190. The minimum Gasteiger partial charge on any atom is -0.309 e. The Balaban J connectivity index is 1.52. The van der Waals surface area contributed by atoms with Gasteiger partial charge < -0.3 is 4.90 Å². The highest BCUT2D eigenvalue weighted by atomic mass is 15.2. The van der Waals surface area contributed by atoms with Crippen LogP contribution in [-0.4, -0.2) is 0 Å². The van der Waals surface area contributed by atoms with Crippen LogP contribution in [0.5, 0.6) is 0 Å². The highest BCUT2D eigenvalue weighted by molar-refractivity contribution is 6.00. The molecule has 0 fully saturated rings. The van der Waals surface area contributed by atoms with E-state index in [2.05, 4.69) is 153 Å². The highest BCUT2D eigenvalue weighted by Crippen LogP contribution is 2.66.